The van der Waals surface area contributed by atoms with E-state index in [1.54, 1.807) is 6.07 Å². The lowest BCUT2D eigenvalue weighted by atomic mass is 9.75. The maximum atomic E-state index is 9.80. The summed E-state index contributed by atoms with van der Waals surface area (Å²) in [5.74, 6) is 1.41. The SMILES string of the molecule is CN(CCCC1(c2cccc(O)c2)CCCC1)CC1CC1. The number of phenols is 1. The summed E-state index contributed by atoms with van der Waals surface area (Å²) >= 11 is 0. The van der Waals surface area contributed by atoms with E-state index in [-0.39, 0.29) is 0 Å². The van der Waals surface area contributed by atoms with Gasteiger partial charge in [0, 0.05) is 6.54 Å². The van der Waals surface area contributed by atoms with Crippen molar-refractivity contribution in [1.29, 1.82) is 0 Å². The van der Waals surface area contributed by atoms with Crippen molar-refractivity contribution in [2.75, 3.05) is 20.1 Å². The van der Waals surface area contributed by atoms with E-state index < -0.39 is 0 Å². The fourth-order valence-corrected chi connectivity index (χ4v) is 4.09. The average Bonchev–Trinajstić information content (AvgIpc) is 3.14. The average molecular weight is 287 g/mol. The number of aromatic hydroxyl groups is 1. The summed E-state index contributed by atoms with van der Waals surface area (Å²) in [6.07, 6.45) is 10.7. The van der Waals surface area contributed by atoms with Gasteiger partial charge in [-0.1, -0.05) is 25.0 Å². The second-order valence-corrected chi connectivity index (χ2v) is 7.35. The van der Waals surface area contributed by atoms with Crippen LogP contribution in [0, 0.1) is 5.92 Å². The monoisotopic (exact) mass is 287 g/mol. The predicted molar refractivity (Wildman–Crippen MR) is 87.7 cm³/mol. The van der Waals surface area contributed by atoms with E-state index >= 15 is 0 Å². The molecule has 3 rings (SSSR count). The Bertz CT molecular complexity index is 460. The Labute approximate surface area is 129 Å². The zero-order valence-electron chi connectivity index (χ0n) is 13.4. The molecule has 0 aromatic heterocycles. The molecule has 2 aliphatic carbocycles. The van der Waals surface area contributed by atoms with Gasteiger partial charge in [-0.2, -0.15) is 0 Å². The summed E-state index contributed by atoms with van der Waals surface area (Å²) in [5, 5.41) is 9.80. The van der Waals surface area contributed by atoms with Gasteiger partial charge < -0.3 is 10.0 Å². The summed E-state index contributed by atoms with van der Waals surface area (Å²) in [5.41, 5.74) is 1.70. The molecule has 2 aliphatic rings. The maximum Gasteiger partial charge on any atom is 0.115 e. The number of hydrogen-bond acceptors (Lipinski definition) is 2. The van der Waals surface area contributed by atoms with Crippen LogP contribution in [0.4, 0.5) is 0 Å². The highest BCUT2D eigenvalue weighted by atomic mass is 16.3. The largest absolute Gasteiger partial charge is 0.508 e. The summed E-state index contributed by atoms with van der Waals surface area (Å²) in [6, 6.07) is 8.01. The smallest absolute Gasteiger partial charge is 0.115 e. The van der Waals surface area contributed by atoms with Crippen molar-refractivity contribution in [1.82, 2.24) is 4.90 Å². The first-order chi connectivity index (χ1) is 10.2. The van der Waals surface area contributed by atoms with Gasteiger partial charge in [0.05, 0.1) is 0 Å². The number of rotatable bonds is 7. The molecule has 0 heterocycles. The Balaban J connectivity index is 1.58. The molecule has 116 valence electrons. The number of phenolic OH excluding ortho intramolecular Hbond substituents is 1. The molecule has 2 saturated carbocycles. The van der Waals surface area contributed by atoms with E-state index in [2.05, 4.69) is 18.0 Å². The maximum absolute atomic E-state index is 9.80. The van der Waals surface area contributed by atoms with Crippen LogP contribution in [0.25, 0.3) is 0 Å². The van der Waals surface area contributed by atoms with Crippen molar-refractivity contribution in [2.24, 2.45) is 5.92 Å². The Morgan fingerprint density at radius 1 is 1.24 bits per heavy atom. The van der Waals surface area contributed by atoms with E-state index in [1.807, 2.05) is 12.1 Å². The summed E-state index contributed by atoms with van der Waals surface area (Å²) in [6.45, 7) is 2.51. The minimum Gasteiger partial charge on any atom is -0.508 e. The number of benzene rings is 1. The van der Waals surface area contributed by atoms with Crippen LogP contribution in [0.15, 0.2) is 24.3 Å². The van der Waals surface area contributed by atoms with Gasteiger partial charge in [-0.25, -0.2) is 0 Å². The van der Waals surface area contributed by atoms with Gasteiger partial charge in [0.25, 0.3) is 0 Å². The summed E-state index contributed by atoms with van der Waals surface area (Å²) < 4.78 is 0. The standard InChI is InChI=1S/C19H29NO/c1-20(15-16-8-9-16)13-5-12-19(10-2-3-11-19)17-6-4-7-18(21)14-17/h4,6-7,14,16,21H,2-3,5,8-13,15H2,1H3. The minimum atomic E-state index is 0.333. The predicted octanol–water partition coefficient (Wildman–Crippen LogP) is 4.33. The molecule has 0 amide bonds. The third kappa shape index (κ3) is 3.79. The molecule has 0 aliphatic heterocycles. The van der Waals surface area contributed by atoms with Crippen molar-refractivity contribution in [3.63, 3.8) is 0 Å². The van der Waals surface area contributed by atoms with Crippen LogP contribution < -0.4 is 0 Å². The molecule has 1 N–H and O–H groups in total. The summed E-state index contributed by atoms with van der Waals surface area (Å²) in [7, 11) is 2.27. The van der Waals surface area contributed by atoms with Crippen molar-refractivity contribution >= 4 is 0 Å². The van der Waals surface area contributed by atoms with Crippen LogP contribution in [0.3, 0.4) is 0 Å². The van der Waals surface area contributed by atoms with Gasteiger partial charge in [-0.15, -0.1) is 0 Å². The number of hydrogen-bond donors (Lipinski definition) is 1. The molecule has 2 nitrogen and oxygen atoms in total. The Morgan fingerprint density at radius 2 is 2.00 bits per heavy atom. The van der Waals surface area contributed by atoms with Crippen molar-refractivity contribution in [3.8, 4) is 5.75 Å². The zero-order valence-corrected chi connectivity index (χ0v) is 13.4. The fourth-order valence-electron chi connectivity index (χ4n) is 4.09. The third-order valence-corrected chi connectivity index (χ3v) is 5.48. The first-order valence-corrected chi connectivity index (χ1v) is 8.66. The van der Waals surface area contributed by atoms with Gasteiger partial charge in [0.15, 0.2) is 0 Å². The molecular weight excluding hydrogens is 258 g/mol. The van der Waals surface area contributed by atoms with Gasteiger partial charge in [-0.3, -0.25) is 0 Å². The molecule has 2 fully saturated rings. The lowest BCUT2D eigenvalue weighted by Crippen LogP contribution is -2.26. The van der Waals surface area contributed by atoms with Gasteiger partial charge in [-0.05, 0) is 81.1 Å². The van der Waals surface area contributed by atoms with Crippen molar-refractivity contribution in [2.45, 2.75) is 56.8 Å². The summed E-state index contributed by atoms with van der Waals surface area (Å²) in [4.78, 5) is 2.52. The van der Waals surface area contributed by atoms with E-state index in [0.29, 0.717) is 11.2 Å². The van der Waals surface area contributed by atoms with Crippen LogP contribution >= 0.6 is 0 Å². The van der Waals surface area contributed by atoms with E-state index in [4.69, 9.17) is 0 Å². The molecule has 1 aromatic carbocycles. The van der Waals surface area contributed by atoms with Crippen molar-refractivity contribution < 1.29 is 5.11 Å². The van der Waals surface area contributed by atoms with E-state index in [0.717, 1.165) is 5.92 Å². The highest BCUT2D eigenvalue weighted by molar-refractivity contribution is 5.33. The topological polar surface area (TPSA) is 23.5 Å². The van der Waals surface area contributed by atoms with E-state index in [9.17, 15) is 5.11 Å². The van der Waals surface area contributed by atoms with Gasteiger partial charge in [0.2, 0.25) is 0 Å². The Morgan fingerprint density at radius 3 is 2.67 bits per heavy atom. The quantitative estimate of drug-likeness (QED) is 0.807. The van der Waals surface area contributed by atoms with Crippen molar-refractivity contribution in [3.05, 3.63) is 29.8 Å². The third-order valence-electron chi connectivity index (χ3n) is 5.48. The highest BCUT2D eigenvalue weighted by Gasteiger charge is 2.35. The molecule has 2 heteroatoms. The normalized spacial score (nSPS) is 21.0. The second-order valence-electron chi connectivity index (χ2n) is 7.35. The molecule has 1 aromatic rings. The molecule has 0 saturated heterocycles. The molecule has 0 spiro atoms. The lowest BCUT2D eigenvalue weighted by molar-refractivity contribution is 0.288. The molecule has 0 unspecified atom stereocenters. The molecule has 0 atom stereocenters. The van der Waals surface area contributed by atoms with Crippen LogP contribution in [0.5, 0.6) is 5.75 Å². The lowest BCUT2D eigenvalue weighted by Gasteiger charge is -2.31. The molecular formula is C19H29NO. The minimum absolute atomic E-state index is 0.333. The Hall–Kier alpha value is -1.02. The van der Waals surface area contributed by atoms with Crippen LogP contribution in [-0.4, -0.2) is 30.1 Å². The van der Waals surface area contributed by atoms with Crippen LogP contribution in [-0.2, 0) is 5.41 Å². The Kier molecular flexibility index (Phi) is 4.54. The van der Waals surface area contributed by atoms with Gasteiger partial charge >= 0.3 is 0 Å². The first-order valence-electron chi connectivity index (χ1n) is 8.66. The molecule has 0 bridgehead atoms. The van der Waals surface area contributed by atoms with Gasteiger partial charge in [0.1, 0.15) is 5.75 Å². The molecule has 0 radical (unpaired) electrons. The van der Waals surface area contributed by atoms with Crippen LogP contribution in [0.1, 0.15) is 56.9 Å². The fraction of sp³-hybridized carbons (Fsp3) is 0.684. The zero-order chi connectivity index (χ0) is 14.7. The molecule has 21 heavy (non-hydrogen) atoms. The van der Waals surface area contributed by atoms with Crippen LogP contribution in [0.2, 0.25) is 0 Å². The van der Waals surface area contributed by atoms with E-state index in [1.165, 1.54) is 70.0 Å². The number of nitrogens with zero attached hydrogens (tertiary/aromatic N) is 1. The highest BCUT2D eigenvalue weighted by Crippen LogP contribution is 2.45. The second kappa shape index (κ2) is 6.39. The first kappa shape index (κ1) is 14.9.